The van der Waals surface area contributed by atoms with Gasteiger partial charge in [0, 0.05) is 14.5 Å². The summed E-state index contributed by atoms with van der Waals surface area (Å²) >= 11 is 5.51. The molecule has 0 saturated heterocycles. The monoisotopic (exact) mass is 420 g/mol. The lowest BCUT2D eigenvalue weighted by atomic mass is 10.0. The van der Waals surface area contributed by atoms with Crippen molar-refractivity contribution in [1.82, 2.24) is 0 Å². The first-order valence-corrected chi connectivity index (χ1v) is 7.31. The summed E-state index contributed by atoms with van der Waals surface area (Å²) in [5.74, 6) is -0.289. The van der Waals surface area contributed by atoms with Crippen LogP contribution in [0.2, 0.25) is 0 Å². The zero-order valence-electron chi connectivity index (χ0n) is 9.41. The van der Waals surface area contributed by atoms with E-state index in [0.29, 0.717) is 5.56 Å². The molecule has 0 spiro atoms. The Labute approximate surface area is 127 Å². The van der Waals surface area contributed by atoms with Crippen LogP contribution in [0.5, 0.6) is 0 Å². The Morgan fingerprint density at radius 1 is 1.17 bits per heavy atom. The second kappa shape index (κ2) is 6.12. The van der Waals surface area contributed by atoms with E-state index in [1.807, 2.05) is 24.3 Å². The van der Waals surface area contributed by atoms with Crippen LogP contribution in [-0.4, -0.2) is 5.11 Å². The van der Waals surface area contributed by atoms with Crippen molar-refractivity contribution < 1.29 is 9.50 Å². The number of benzene rings is 2. The molecule has 0 saturated carbocycles. The molecule has 0 heterocycles. The first-order valence-electron chi connectivity index (χ1n) is 5.44. The molecule has 2 rings (SSSR count). The van der Waals surface area contributed by atoms with Crippen LogP contribution in [0.25, 0.3) is 0 Å². The Balaban J connectivity index is 2.18. The standard InChI is InChI=1S/C14H11BrFIO/c15-11-3-6-13(16)10(7-11)8-14(18)9-1-4-12(17)5-2-9/h1-7,14,18H,8H2. The van der Waals surface area contributed by atoms with Crippen LogP contribution >= 0.6 is 38.5 Å². The van der Waals surface area contributed by atoms with Crippen molar-refractivity contribution in [2.75, 3.05) is 0 Å². The molecule has 0 aliphatic carbocycles. The van der Waals surface area contributed by atoms with E-state index in [1.165, 1.54) is 6.07 Å². The van der Waals surface area contributed by atoms with Gasteiger partial charge in [-0.1, -0.05) is 28.1 Å². The third kappa shape index (κ3) is 3.52. The summed E-state index contributed by atoms with van der Waals surface area (Å²) in [7, 11) is 0. The van der Waals surface area contributed by atoms with E-state index in [-0.39, 0.29) is 12.2 Å². The highest BCUT2D eigenvalue weighted by molar-refractivity contribution is 14.1. The molecule has 4 heteroatoms. The Morgan fingerprint density at radius 2 is 1.83 bits per heavy atom. The SMILES string of the molecule is OC(Cc1cc(Br)ccc1F)c1ccc(I)cc1. The molecule has 0 aliphatic rings. The Bertz CT molecular complexity index is 542. The van der Waals surface area contributed by atoms with E-state index in [0.717, 1.165) is 13.6 Å². The van der Waals surface area contributed by atoms with Gasteiger partial charge in [0.2, 0.25) is 0 Å². The quantitative estimate of drug-likeness (QED) is 0.726. The van der Waals surface area contributed by atoms with Gasteiger partial charge in [-0.3, -0.25) is 0 Å². The molecule has 0 bridgehead atoms. The van der Waals surface area contributed by atoms with Crippen molar-refractivity contribution >= 4 is 38.5 Å². The summed E-state index contributed by atoms with van der Waals surface area (Å²) in [6.07, 6.45) is -0.419. The molecule has 1 unspecified atom stereocenters. The van der Waals surface area contributed by atoms with E-state index in [9.17, 15) is 9.50 Å². The summed E-state index contributed by atoms with van der Waals surface area (Å²) in [6, 6.07) is 12.3. The summed E-state index contributed by atoms with van der Waals surface area (Å²) in [5.41, 5.74) is 1.31. The molecule has 0 aliphatic heterocycles. The van der Waals surface area contributed by atoms with Gasteiger partial charge in [0.05, 0.1) is 6.10 Å². The Kier molecular flexibility index (Phi) is 4.75. The summed E-state index contributed by atoms with van der Waals surface area (Å²) < 4.78 is 15.5. The van der Waals surface area contributed by atoms with E-state index >= 15 is 0 Å². The molecule has 1 atom stereocenters. The molecule has 1 nitrogen and oxygen atoms in total. The van der Waals surface area contributed by atoms with E-state index < -0.39 is 6.10 Å². The largest absolute Gasteiger partial charge is 0.388 e. The summed E-state index contributed by atoms with van der Waals surface area (Å²) in [6.45, 7) is 0. The maximum atomic E-state index is 13.6. The number of halogens is 3. The van der Waals surface area contributed by atoms with Crippen LogP contribution in [-0.2, 0) is 6.42 Å². The van der Waals surface area contributed by atoms with Gasteiger partial charge in [-0.05, 0) is 64.0 Å². The second-order valence-corrected chi connectivity index (χ2v) is 6.17. The van der Waals surface area contributed by atoms with Crippen LogP contribution < -0.4 is 0 Å². The third-order valence-corrected chi connectivity index (χ3v) is 3.89. The zero-order chi connectivity index (χ0) is 13.1. The second-order valence-electron chi connectivity index (χ2n) is 4.01. The van der Waals surface area contributed by atoms with Crippen molar-refractivity contribution in [3.63, 3.8) is 0 Å². The minimum absolute atomic E-state index is 0.270. The molecule has 0 radical (unpaired) electrons. The minimum atomic E-state index is -0.689. The fourth-order valence-electron chi connectivity index (χ4n) is 1.71. The molecule has 2 aromatic carbocycles. The van der Waals surface area contributed by atoms with Crippen LogP contribution in [0.1, 0.15) is 17.2 Å². The molecule has 18 heavy (non-hydrogen) atoms. The van der Waals surface area contributed by atoms with Gasteiger partial charge in [-0.2, -0.15) is 0 Å². The maximum absolute atomic E-state index is 13.6. The van der Waals surface area contributed by atoms with Crippen molar-refractivity contribution in [3.8, 4) is 0 Å². The zero-order valence-corrected chi connectivity index (χ0v) is 13.2. The summed E-state index contributed by atoms with van der Waals surface area (Å²) in [4.78, 5) is 0. The van der Waals surface area contributed by atoms with E-state index in [4.69, 9.17) is 0 Å². The number of hydrogen-bond donors (Lipinski definition) is 1. The van der Waals surface area contributed by atoms with Gasteiger partial charge in [0.25, 0.3) is 0 Å². The van der Waals surface area contributed by atoms with Gasteiger partial charge in [0.1, 0.15) is 5.82 Å². The average Bonchev–Trinajstić information content (AvgIpc) is 2.34. The number of hydrogen-bond acceptors (Lipinski definition) is 1. The van der Waals surface area contributed by atoms with Gasteiger partial charge in [-0.25, -0.2) is 4.39 Å². The number of aliphatic hydroxyl groups is 1. The summed E-state index contributed by atoms with van der Waals surface area (Å²) in [5, 5.41) is 10.1. The molecule has 0 aromatic heterocycles. The normalized spacial score (nSPS) is 12.4. The maximum Gasteiger partial charge on any atom is 0.126 e. The van der Waals surface area contributed by atoms with Crippen molar-refractivity contribution in [2.45, 2.75) is 12.5 Å². The molecule has 1 N–H and O–H groups in total. The molecule has 2 aromatic rings. The van der Waals surface area contributed by atoms with Crippen molar-refractivity contribution in [3.05, 3.63) is 67.5 Å². The van der Waals surface area contributed by atoms with Gasteiger partial charge < -0.3 is 5.11 Å². The molecular formula is C14H11BrFIO. The number of aliphatic hydroxyl groups excluding tert-OH is 1. The van der Waals surface area contributed by atoms with Crippen LogP contribution in [0, 0.1) is 9.39 Å². The molecule has 0 fully saturated rings. The third-order valence-electron chi connectivity index (χ3n) is 2.68. The molecule has 94 valence electrons. The van der Waals surface area contributed by atoms with E-state index in [2.05, 4.69) is 38.5 Å². The average molecular weight is 421 g/mol. The molecule has 0 amide bonds. The van der Waals surface area contributed by atoms with Crippen molar-refractivity contribution in [2.24, 2.45) is 0 Å². The van der Waals surface area contributed by atoms with Crippen LogP contribution in [0.3, 0.4) is 0 Å². The van der Waals surface area contributed by atoms with E-state index in [1.54, 1.807) is 12.1 Å². The first kappa shape index (κ1) is 14.0. The van der Waals surface area contributed by atoms with Crippen molar-refractivity contribution in [1.29, 1.82) is 0 Å². The minimum Gasteiger partial charge on any atom is -0.388 e. The Morgan fingerprint density at radius 3 is 2.50 bits per heavy atom. The molecular weight excluding hydrogens is 410 g/mol. The Hall–Kier alpha value is -0.460. The lowest BCUT2D eigenvalue weighted by Crippen LogP contribution is -2.03. The predicted molar refractivity (Wildman–Crippen MR) is 81.9 cm³/mol. The lowest BCUT2D eigenvalue weighted by Gasteiger charge is -2.12. The number of rotatable bonds is 3. The van der Waals surface area contributed by atoms with Gasteiger partial charge in [-0.15, -0.1) is 0 Å². The predicted octanol–water partition coefficient (Wildman–Crippen LogP) is 4.47. The van der Waals surface area contributed by atoms with Crippen LogP contribution in [0.15, 0.2) is 46.9 Å². The lowest BCUT2D eigenvalue weighted by molar-refractivity contribution is 0.177. The highest BCUT2D eigenvalue weighted by atomic mass is 127. The highest BCUT2D eigenvalue weighted by Gasteiger charge is 2.12. The van der Waals surface area contributed by atoms with Gasteiger partial charge in [0.15, 0.2) is 0 Å². The van der Waals surface area contributed by atoms with Gasteiger partial charge >= 0.3 is 0 Å². The fourth-order valence-corrected chi connectivity index (χ4v) is 2.48. The topological polar surface area (TPSA) is 20.2 Å². The smallest absolute Gasteiger partial charge is 0.126 e. The highest BCUT2D eigenvalue weighted by Crippen LogP contribution is 2.23. The van der Waals surface area contributed by atoms with Crippen LogP contribution in [0.4, 0.5) is 4.39 Å². The fraction of sp³-hybridized carbons (Fsp3) is 0.143. The first-order chi connectivity index (χ1) is 8.56.